The van der Waals surface area contributed by atoms with E-state index in [1.807, 2.05) is 18.2 Å². The molecule has 1 aromatic carbocycles. The van der Waals surface area contributed by atoms with Crippen LogP contribution in [0, 0.1) is 5.92 Å². The van der Waals surface area contributed by atoms with E-state index in [0.717, 1.165) is 33.5 Å². The molecular formula is C16H23Br2N3O. The second kappa shape index (κ2) is 8.89. The Morgan fingerprint density at radius 3 is 2.77 bits per heavy atom. The van der Waals surface area contributed by atoms with Gasteiger partial charge in [-0.25, -0.2) is 4.79 Å². The van der Waals surface area contributed by atoms with Gasteiger partial charge in [0.05, 0.1) is 5.69 Å². The van der Waals surface area contributed by atoms with Gasteiger partial charge in [0, 0.05) is 15.5 Å². The Bertz CT molecular complexity index is 502. The van der Waals surface area contributed by atoms with E-state index in [1.54, 1.807) is 0 Å². The molecule has 0 atom stereocenters. The quantitative estimate of drug-likeness (QED) is 0.674. The van der Waals surface area contributed by atoms with Crippen LogP contribution in [0.4, 0.5) is 10.5 Å². The van der Waals surface area contributed by atoms with Crippen LogP contribution in [0.15, 0.2) is 27.1 Å². The largest absolute Gasteiger partial charge is 0.338 e. The second-order valence-electron chi connectivity index (χ2n) is 5.88. The van der Waals surface area contributed by atoms with E-state index in [2.05, 4.69) is 54.3 Å². The molecule has 1 fully saturated rings. The zero-order chi connectivity index (χ0) is 15.9. The van der Waals surface area contributed by atoms with Gasteiger partial charge < -0.3 is 15.5 Å². The molecule has 4 nitrogen and oxygen atoms in total. The smallest absolute Gasteiger partial charge is 0.319 e. The third kappa shape index (κ3) is 5.89. The van der Waals surface area contributed by atoms with Crippen molar-refractivity contribution in [3.8, 4) is 0 Å². The Morgan fingerprint density at radius 1 is 1.32 bits per heavy atom. The van der Waals surface area contributed by atoms with Gasteiger partial charge in [0.25, 0.3) is 0 Å². The fraction of sp³-hybridized carbons (Fsp3) is 0.562. The lowest BCUT2D eigenvalue weighted by Crippen LogP contribution is -2.36. The number of hydrogen-bond donors (Lipinski definition) is 2. The predicted octanol–water partition coefficient (Wildman–Crippen LogP) is 4.46. The minimum absolute atomic E-state index is 0.161. The number of halogens is 2. The summed E-state index contributed by atoms with van der Waals surface area (Å²) in [6.07, 6.45) is 3.58. The standard InChI is InChI=1S/C16H23Br2N3O/c1-12-5-9-21(10-6-12)8-2-7-19-16(22)20-15-11-13(17)3-4-14(15)18/h3-4,11-12H,2,5-10H2,1H3,(H2,19,20,22). The molecule has 2 N–H and O–H groups in total. The third-order valence-corrected chi connectivity index (χ3v) is 5.17. The Balaban J connectivity index is 1.64. The van der Waals surface area contributed by atoms with Crippen LogP contribution in [0.2, 0.25) is 0 Å². The molecular weight excluding hydrogens is 410 g/mol. The molecule has 122 valence electrons. The Labute approximate surface area is 149 Å². The number of hydrogen-bond acceptors (Lipinski definition) is 2. The van der Waals surface area contributed by atoms with Crippen molar-refractivity contribution in [2.24, 2.45) is 5.92 Å². The molecule has 1 aromatic rings. The van der Waals surface area contributed by atoms with E-state index in [4.69, 9.17) is 0 Å². The topological polar surface area (TPSA) is 44.4 Å². The molecule has 0 radical (unpaired) electrons. The van der Waals surface area contributed by atoms with E-state index in [-0.39, 0.29) is 6.03 Å². The van der Waals surface area contributed by atoms with Gasteiger partial charge in [0.15, 0.2) is 0 Å². The van der Waals surface area contributed by atoms with Crippen molar-refractivity contribution in [2.45, 2.75) is 26.2 Å². The average Bonchev–Trinajstić information content (AvgIpc) is 2.49. The Morgan fingerprint density at radius 2 is 2.05 bits per heavy atom. The zero-order valence-corrected chi connectivity index (χ0v) is 16.0. The number of amides is 2. The van der Waals surface area contributed by atoms with Gasteiger partial charge in [-0.2, -0.15) is 0 Å². The summed E-state index contributed by atoms with van der Waals surface area (Å²) in [6, 6.07) is 5.54. The van der Waals surface area contributed by atoms with Crippen molar-refractivity contribution < 1.29 is 4.79 Å². The third-order valence-electron chi connectivity index (χ3n) is 3.99. The van der Waals surface area contributed by atoms with Crippen molar-refractivity contribution in [1.29, 1.82) is 0 Å². The van der Waals surface area contributed by atoms with E-state index < -0.39 is 0 Å². The number of rotatable bonds is 5. The molecule has 1 heterocycles. The average molecular weight is 433 g/mol. The van der Waals surface area contributed by atoms with Crippen LogP contribution in [-0.2, 0) is 0 Å². The number of likely N-dealkylation sites (tertiary alicyclic amines) is 1. The molecule has 2 amide bonds. The van der Waals surface area contributed by atoms with E-state index in [1.165, 1.54) is 25.9 Å². The molecule has 0 unspecified atom stereocenters. The number of nitrogens with zero attached hydrogens (tertiary/aromatic N) is 1. The first-order valence-electron chi connectivity index (χ1n) is 7.77. The lowest BCUT2D eigenvalue weighted by atomic mass is 9.99. The first-order chi connectivity index (χ1) is 10.5. The van der Waals surface area contributed by atoms with Crippen molar-refractivity contribution in [1.82, 2.24) is 10.2 Å². The maximum absolute atomic E-state index is 11.9. The van der Waals surface area contributed by atoms with Crippen molar-refractivity contribution >= 4 is 43.6 Å². The van der Waals surface area contributed by atoms with Crippen molar-refractivity contribution in [2.75, 3.05) is 31.5 Å². The maximum Gasteiger partial charge on any atom is 0.319 e. The fourth-order valence-corrected chi connectivity index (χ4v) is 3.26. The van der Waals surface area contributed by atoms with Gasteiger partial charge in [-0.3, -0.25) is 0 Å². The normalized spacial score (nSPS) is 16.5. The molecule has 6 heteroatoms. The van der Waals surface area contributed by atoms with Gasteiger partial charge in [-0.05, 0) is 78.9 Å². The summed E-state index contributed by atoms with van der Waals surface area (Å²) in [5.41, 5.74) is 0.761. The van der Waals surface area contributed by atoms with Gasteiger partial charge in [0.1, 0.15) is 0 Å². The highest BCUT2D eigenvalue weighted by molar-refractivity contribution is 9.11. The highest BCUT2D eigenvalue weighted by Gasteiger charge is 2.14. The van der Waals surface area contributed by atoms with Crippen LogP contribution >= 0.6 is 31.9 Å². The lowest BCUT2D eigenvalue weighted by molar-refractivity contribution is 0.190. The van der Waals surface area contributed by atoms with Crippen LogP contribution in [0.1, 0.15) is 26.2 Å². The van der Waals surface area contributed by atoms with E-state index >= 15 is 0 Å². The summed E-state index contributed by atoms with van der Waals surface area (Å²) >= 11 is 6.83. The molecule has 0 aromatic heterocycles. The van der Waals surface area contributed by atoms with E-state index in [9.17, 15) is 4.79 Å². The molecule has 22 heavy (non-hydrogen) atoms. The molecule has 0 spiro atoms. The minimum atomic E-state index is -0.161. The lowest BCUT2D eigenvalue weighted by Gasteiger charge is -2.30. The summed E-state index contributed by atoms with van der Waals surface area (Å²) in [7, 11) is 0. The van der Waals surface area contributed by atoms with E-state index in [0.29, 0.717) is 6.54 Å². The Hall–Kier alpha value is -0.590. The number of carbonyl (C=O) groups excluding carboxylic acids is 1. The van der Waals surface area contributed by atoms with Gasteiger partial charge in [0.2, 0.25) is 0 Å². The Kier molecular flexibility index (Phi) is 7.18. The molecule has 1 aliphatic heterocycles. The van der Waals surface area contributed by atoms with Crippen LogP contribution < -0.4 is 10.6 Å². The number of benzene rings is 1. The van der Waals surface area contributed by atoms with Crippen molar-refractivity contribution in [3.05, 3.63) is 27.1 Å². The molecule has 0 bridgehead atoms. The summed E-state index contributed by atoms with van der Waals surface area (Å²) < 4.78 is 1.80. The monoisotopic (exact) mass is 431 g/mol. The van der Waals surface area contributed by atoms with Crippen molar-refractivity contribution in [3.63, 3.8) is 0 Å². The SMILES string of the molecule is CC1CCN(CCCNC(=O)Nc2cc(Br)ccc2Br)CC1. The van der Waals surface area contributed by atoms with Gasteiger partial charge in [-0.1, -0.05) is 22.9 Å². The summed E-state index contributed by atoms with van der Waals surface area (Å²) in [6.45, 7) is 6.47. The fourth-order valence-electron chi connectivity index (χ4n) is 2.55. The number of piperidine rings is 1. The van der Waals surface area contributed by atoms with Crippen LogP contribution in [0.5, 0.6) is 0 Å². The van der Waals surface area contributed by atoms with Crippen LogP contribution in [-0.4, -0.2) is 37.1 Å². The highest BCUT2D eigenvalue weighted by Crippen LogP contribution is 2.25. The first-order valence-corrected chi connectivity index (χ1v) is 9.35. The minimum Gasteiger partial charge on any atom is -0.338 e. The molecule has 2 rings (SSSR count). The summed E-state index contributed by atoms with van der Waals surface area (Å²) in [5.74, 6) is 0.865. The summed E-state index contributed by atoms with van der Waals surface area (Å²) in [4.78, 5) is 14.4. The molecule has 0 aliphatic carbocycles. The first kappa shape index (κ1) is 17.8. The van der Waals surface area contributed by atoms with Gasteiger partial charge >= 0.3 is 6.03 Å². The van der Waals surface area contributed by atoms with Gasteiger partial charge in [-0.15, -0.1) is 0 Å². The maximum atomic E-state index is 11.9. The highest BCUT2D eigenvalue weighted by atomic mass is 79.9. The summed E-state index contributed by atoms with van der Waals surface area (Å²) in [5, 5.41) is 5.77. The zero-order valence-electron chi connectivity index (χ0n) is 12.9. The molecule has 0 saturated carbocycles. The number of urea groups is 1. The number of anilines is 1. The predicted molar refractivity (Wildman–Crippen MR) is 98.3 cm³/mol. The number of nitrogens with one attached hydrogen (secondary N) is 2. The van der Waals surface area contributed by atoms with Crippen LogP contribution in [0.25, 0.3) is 0 Å². The molecule has 1 saturated heterocycles. The second-order valence-corrected chi connectivity index (χ2v) is 7.65. The number of carbonyl (C=O) groups is 1. The molecule has 1 aliphatic rings. The van der Waals surface area contributed by atoms with Crippen LogP contribution in [0.3, 0.4) is 0 Å².